The van der Waals surface area contributed by atoms with Crippen LogP contribution in [-0.4, -0.2) is 39.0 Å². The Morgan fingerprint density at radius 1 is 1.46 bits per heavy atom. The van der Waals surface area contributed by atoms with Gasteiger partial charge in [-0.05, 0) is 36.8 Å². The molecule has 3 rings (SSSR count). The predicted octanol–water partition coefficient (Wildman–Crippen LogP) is 3.21. The fraction of sp³-hybridized carbons (Fsp3) is 0.368. The lowest BCUT2D eigenvalue weighted by atomic mass is 9.97. The number of aliphatic imine (C=N–C) groups is 1. The zero-order valence-electron chi connectivity index (χ0n) is 14.1. The van der Waals surface area contributed by atoms with E-state index in [1.165, 1.54) is 12.7 Å². The van der Waals surface area contributed by atoms with E-state index in [0.29, 0.717) is 13.2 Å². The molecular formula is C19H22N2O3. The molecule has 0 atom stereocenters. The predicted molar refractivity (Wildman–Crippen MR) is 95.6 cm³/mol. The Kier molecular flexibility index (Phi) is 5.11. The first-order valence-electron chi connectivity index (χ1n) is 8.22. The van der Waals surface area contributed by atoms with Crippen molar-refractivity contribution in [3.8, 4) is 5.75 Å². The number of likely N-dealkylation sites (N-methyl/N-ethyl adjacent to an activating group) is 1. The highest BCUT2D eigenvalue weighted by molar-refractivity contribution is 5.95. The highest BCUT2D eigenvalue weighted by atomic mass is 16.5. The van der Waals surface area contributed by atoms with E-state index in [2.05, 4.69) is 17.1 Å². The number of amides is 1. The Balaban J connectivity index is 1.95. The number of hydrogen-bond donors (Lipinski definition) is 0. The van der Waals surface area contributed by atoms with Gasteiger partial charge in [-0.3, -0.25) is 9.79 Å². The summed E-state index contributed by atoms with van der Waals surface area (Å²) in [6, 6.07) is 5.88. The topological polar surface area (TPSA) is 51.1 Å². The molecule has 5 nitrogen and oxygen atoms in total. The lowest BCUT2D eigenvalue weighted by molar-refractivity contribution is -0.122. The number of methoxy groups -OCH3 is 1. The molecule has 5 heteroatoms. The van der Waals surface area contributed by atoms with Crippen LogP contribution in [0.1, 0.15) is 25.3 Å². The molecule has 1 aromatic rings. The van der Waals surface area contributed by atoms with Crippen LogP contribution < -0.4 is 9.64 Å². The SMILES string of the molecule is CCN(C(=O)COC)c1ccc2c(c1)/C(=C/C1=CCC=N1)CCO2. The summed E-state index contributed by atoms with van der Waals surface area (Å²) >= 11 is 0. The van der Waals surface area contributed by atoms with Crippen LogP contribution in [0.5, 0.6) is 5.75 Å². The van der Waals surface area contributed by atoms with Crippen molar-refractivity contribution >= 4 is 23.4 Å². The molecule has 2 heterocycles. The summed E-state index contributed by atoms with van der Waals surface area (Å²) in [5, 5.41) is 0. The Morgan fingerprint density at radius 3 is 3.04 bits per heavy atom. The van der Waals surface area contributed by atoms with Gasteiger partial charge in [0, 0.05) is 44.0 Å². The van der Waals surface area contributed by atoms with Crippen LogP contribution in [0.4, 0.5) is 5.69 Å². The summed E-state index contributed by atoms with van der Waals surface area (Å²) in [6.45, 7) is 3.29. The number of rotatable bonds is 5. The van der Waals surface area contributed by atoms with Gasteiger partial charge < -0.3 is 14.4 Å². The summed E-state index contributed by atoms with van der Waals surface area (Å²) in [6.07, 6.45) is 7.85. The molecule has 0 fully saturated rings. The standard InChI is InChI=1S/C19H22N2O3/c1-3-21(19(22)13-23-2)16-6-7-18-17(12-16)14(8-10-24-18)11-15-5-4-9-20-15/h5-7,9,11-12H,3-4,8,10,13H2,1-2H3/b14-11+. The van der Waals surface area contributed by atoms with Gasteiger partial charge in [0.1, 0.15) is 12.4 Å². The maximum Gasteiger partial charge on any atom is 0.252 e. The second kappa shape index (κ2) is 7.45. The van der Waals surface area contributed by atoms with Crippen LogP contribution in [-0.2, 0) is 9.53 Å². The number of anilines is 1. The van der Waals surface area contributed by atoms with Crippen molar-refractivity contribution in [2.75, 3.05) is 31.8 Å². The first-order chi connectivity index (χ1) is 11.7. The van der Waals surface area contributed by atoms with Gasteiger partial charge in [-0.1, -0.05) is 6.08 Å². The summed E-state index contributed by atoms with van der Waals surface area (Å²) in [5.41, 5.74) is 4.08. The van der Waals surface area contributed by atoms with Gasteiger partial charge in [-0.25, -0.2) is 0 Å². The van der Waals surface area contributed by atoms with Crippen LogP contribution in [0.2, 0.25) is 0 Å². The van der Waals surface area contributed by atoms with Crippen molar-refractivity contribution in [2.45, 2.75) is 19.8 Å². The van der Waals surface area contributed by atoms with E-state index in [0.717, 1.165) is 35.5 Å². The minimum absolute atomic E-state index is 0.0506. The second-order valence-electron chi connectivity index (χ2n) is 5.70. The van der Waals surface area contributed by atoms with Crippen molar-refractivity contribution in [1.82, 2.24) is 0 Å². The summed E-state index contributed by atoms with van der Waals surface area (Å²) in [5.74, 6) is 0.805. The molecule has 2 aliphatic rings. The number of carbonyl (C=O) groups excluding carboxylic acids is 1. The van der Waals surface area contributed by atoms with Crippen molar-refractivity contribution in [3.63, 3.8) is 0 Å². The Bertz CT molecular complexity index is 719. The molecule has 0 unspecified atom stereocenters. The molecule has 1 aromatic carbocycles. The lowest BCUT2D eigenvalue weighted by Crippen LogP contribution is -2.33. The molecule has 0 radical (unpaired) electrons. The van der Waals surface area contributed by atoms with Gasteiger partial charge in [0.2, 0.25) is 0 Å². The highest BCUT2D eigenvalue weighted by Crippen LogP contribution is 2.36. The van der Waals surface area contributed by atoms with Crippen molar-refractivity contribution in [1.29, 1.82) is 0 Å². The molecule has 0 N–H and O–H groups in total. The number of nitrogens with zero attached hydrogens (tertiary/aromatic N) is 2. The van der Waals surface area contributed by atoms with E-state index in [-0.39, 0.29) is 12.5 Å². The normalized spacial score (nSPS) is 17.4. The minimum Gasteiger partial charge on any atom is -0.493 e. The van der Waals surface area contributed by atoms with E-state index >= 15 is 0 Å². The summed E-state index contributed by atoms with van der Waals surface area (Å²) in [7, 11) is 1.53. The van der Waals surface area contributed by atoms with Gasteiger partial charge >= 0.3 is 0 Å². The molecule has 1 amide bonds. The highest BCUT2D eigenvalue weighted by Gasteiger charge is 2.20. The van der Waals surface area contributed by atoms with Crippen LogP contribution in [0.25, 0.3) is 5.57 Å². The number of allylic oxidation sites excluding steroid dienone is 2. The van der Waals surface area contributed by atoms with E-state index in [1.807, 2.05) is 31.3 Å². The fourth-order valence-corrected chi connectivity index (χ4v) is 2.98. The molecule has 0 saturated heterocycles. The zero-order chi connectivity index (χ0) is 16.9. The number of ether oxygens (including phenoxy) is 2. The third-order valence-corrected chi connectivity index (χ3v) is 4.13. The van der Waals surface area contributed by atoms with E-state index < -0.39 is 0 Å². The van der Waals surface area contributed by atoms with Crippen LogP contribution in [0.3, 0.4) is 0 Å². The molecule has 24 heavy (non-hydrogen) atoms. The van der Waals surface area contributed by atoms with Crippen molar-refractivity contribution < 1.29 is 14.3 Å². The molecular weight excluding hydrogens is 304 g/mol. The minimum atomic E-state index is -0.0506. The van der Waals surface area contributed by atoms with Gasteiger partial charge in [-0.15, -0.1) is 0 Å². The molecule has 0 aromatic heterocycles. The molecule has 2 aliphatic heterocycles. The maximum atomic E-state index is 12.2. The maximum absolute atomic E-state index is 12.2. The number of hydrogen-bond acceptors (Lipinski definition) is 4. The van der Waals surface area contributed by atoms with E-state index in [9.17, 15) is 4.79 Å². The largest absolute Gasteiger partial charge is 0.493 e. The summed E-state index contributed by atoms with van der Waals surface area (Å²) in [4.78, 5) is 18.3. The monoisotopic (exact) mass is 326 g/mol. The quantitative estimate of drug-likeness (QED) is 0.835. The van der Waals surface area contributed by atoms with E-state index in [4.69, 9.17) is 9.47 Å². The average molecular weight is 326 g/mol. The Labute approximate surface area is 142 Å². The second-order valence-corrected chi connectivity index (χ2v) is 5.70. The number of benzene rings is 1. The molecule has 0 bridgehead atoms. The van der Waals surface area contributed by atoms with Gasteiger partial charge in [0.05, 0.1) is 12.3 Å². The Morgan fingerprint density at radius 2 is 2.33 bits per heavy atom. The van der Waals surface area contributed by atoms with Gasteiger partial charge in [-0.2, -0.15) is 0 Å². The van der Waals surface area contributed by atoms with Crippen LogP contribution >= 0.6 is 0 Å². The van der Waals surface area contributed by atoms with Crippen LogP contribution in [0, 0.1) is 0 Å². The van der Waals surface area contributed by atoms with Crippen molar-refractivity contribution in [2.24, 2.45) is 4.99 Å². The molecule has 0 spiro atoms. The van der Waals surface area contributed by atoms with Gasteiger partial charge in [0.25, 0.3) is 5.91 Å². The molecule has 126 valence electrons. The van der Waals surface area contributed by atoms with Gasteiger partial charge in [0.15, 0.2) is 0 Å². The average Bonchev–Trinajstić information content (AvgIpc) is 3.09. The van der Waals surface area contributed by atoms with Crippen LogP contribution in [0.15, 0.2) is 41.0 Å². The molecule has 0 saturated carbocycles. The fourth-order valence-electron chi connectivity index (χ4n) is 2.98. The number of carbonyl (C=O) groups is 1. The first kappa shape index (κ1) is 16.5. The lowest BCUT2D eigenvalue weighted by Gasteiger charge is -2.25. The first-order valence-corrected chi connectivity index (χ1v) is 8.22. The number of fused-ring (bicyclic) bond motifs is 1. The van der Waals surface area contributed by atoms with E-state index in [1.54, 1.807) is 4.90 Å². The third kappa shape index (κ3) is 3.41. The Hall–Kier alpha value is -2.40. The summed E-state index contributed by atoms with van der Waals surface area (Å²) < 4.78 is 10.7. The van der Waals surface area contributed by atoms with Crippen molar-refractivity contribution in [3.05, 3.63) is 41.6 Å². The third-order valence-electron chi connectivity index (χ3n) is 4.13. The molecule has 0 aliphatic carbocycles. The zero-order valence-corrected chi connectivity index (χ0v) is 14.1. The smallest absolute Gasteiger partial charge is 0.252 e.